The van der Waals surface area contributed by atoms with Gasteiger partial charge in [-0.2, -0.15) is 15.0 Å². The van der Waals surface area contributed by atoms with Gasteiger partial charge in [-0.1, -0.05) is 12.7 Å². The van der Waals surface area contributed by atoms with E-state index >= 15 is 0 Å². The molecular weight excluding hydrogens is 158 g/mol. The summed E-state index contributed by atoms with van der Waals surface area (Å²) in [5.74, 6) is -0.369. The van der Waals surface area contributed by atoms with Gasteiger partial charge >= 0.3 is 5.97 Å². The van der Waals surface area contributed by atoms with Gasteiger partial charge in [0.2, 0.25) is 0 Å². The van der Waals surface area contributed by atoms with Crippen LogP contribution < -0.4 is 0 Å². The van der Waals surface area contributed by atoms with E-state index in [9.17, 15) is 4.79 Å². The number of hydrogen-bond acceptors (Lipinski definition) is 4. The Morgan fingerprint density at radius 1 is 1.58 bits per heavy atom. The maximum atomic E-state index is 10.9. The van der Waals surface area contributed by atoms with Crippen molar-refractivity contribution in [3.63, 3.8) is 0 Å². The van der Waals surface area contributed by atoms with Crippen molar-refractivity contribution in [1.82, 2.24) is 15.0 Å². The second kappa shape index (κ2) is 4.27. The zero-order valence-electron chi connectivity index (χ0n) is 6.51. The highest BCUT2D eigenvalue weighted by Crippen LogP contribution is 1.84. The second-order valence-corrected chi connectivity index (χ2v) is 2.03. The number of hydrogen-bond donors (Lipinski definition) is 0. The fraction of sp³-hybridized carbons (Fsp3) is 0.286. The largest absolute Gasteiger partial charge is 0.460 e. The van der Waals surface area contributed by atoms with E-state index in [2.05, 4.69) is 16.8 Å². The molecule has 0 aliphatic carbocycles. The quantitative estimate of drug-likeness (QED) is 0.468. The predicted octanol–water partition coefficient (Wildman–Crippen LogP) is 0.00730. The molecule has 0 bridgehead atoms. The van der Waals surface area contributed by atoms with Gasteiger partial charge in [-0.3, -0.25) is 0 Å². The van der Waals surface area contributed by atoms with Gasteiger partial charge in [0.25, 0.3) is 0 Å². The lowest BCUT2D eigenvalue weighted by Gasteiger charge is -1.99. The van der Waals surface area contributed by atoms with Gasteiger partial charge in [0.1, 0.15) is 6.61 Å². The van der Waals surface area contributed by atoms with Crippen molar-refractivity contribution in [1.29, 1.82) is 0 Å². The Balaban J connectivity index is 2.32. The summed E-state index contributed by atoms with van der Waals surface area (Å²) in [6, 6.07) is 0. The van der Waals surface area contributed by atoms with Crippen LogP contribution in [0.2, 0.25) is 0 Å². The molecule has 64 valence electrons. The molecule has 12 heavy (non-hydrogen) atoms. The van der Waals surface area contributed by atoms with Gasteiger partial charge in [0.15, 0.2) is 6.54 Å². The monoisotopic (exact) mass is 167 g/mol. The molecule has 1 heterocycles. The molecule has 0 saturated carbocycles. The number of rotatable bonds is 4. The molecule has 0 fully saturated rings. The minimum absolute atomic E-state index is 0.0425. The van der Waals surface area contributed by atoms with Crippen molar-refractivity contribution in [3.05, 3.63) is 25.0 Å². The molecule has 1 aromatic rings. The molecule has 0 aliphatic heterocycles. The maximum Gasteiger partial charge on any atom is 0.329 e. The summed E-state index contributed by atoms with van der Waals surface area (Å²) in [7, 11) is 0. The lowest BCUT2D eigenvalue weighted by Crippen LogP contribution is -2.15. The lowest BCUT2D eigenvalue weighted by atomic mass is 10.6. The number of esters is 1. The molecule has 5 heteroatoms. The second-order valence-electron chi connectivity index (χ2n) is 2.03. The van der Waals surface area contributed by atoms with Crippen molar-refractivity contribution < 1.29 is 9.53 Å². The van der Waals surface area contributed by atoms with E-state index < -0.39 is 0 Å². The van der Waals surface area contributed by atoms with E-state index in [1.54, 1.807) is 0 Å². The molecule has 0 saturated heterocycles. The topological polar surface area (TPSA) is 57.0 Å². The highest BCUT2D eigenvalue weighted by molar-refractivity contribution is 5.68. The van der Waals surface area contributed by atoms with Crippen molar-refractivity contribution in [2.24, 2.45) is 0 Å². The van der Waals surface area contributed by atoms with Crippen LogP contribution in [0, 0.1) is 0 Å². The number of nitrogens with zero attached hydrogens (tertiary/aromatic N) is 3. The van der Waals surface area contributed by atoms with E-state index in [4.69, 9.17) is 4.74 Å². The van der Waals surface area contributed by atoms with Gasteiger partial charge in [0.05, 0.1) is 12.4 Å². The summed E-state index contributed by atoms with van der Waals surface area (Å²) in [5.41, 5.74) is 0. The van der Waals surface area contributed by atoms with Crippen LogP contribution in [0.4, 0.5) is 0 Å². The Hall–Kier alpha value is -1.65. The molecule has 0 amide bonds. The highest BCUT2D eigenvalue weighted by Gasteiger charge is 2.02. The van der Waals surface area contributed by atoms with Crippen LogP contribution in [0.15, 0.2) is 25.0 Å². The van der Waals surface area contributed by atoms with Crippen molar-refractivity contribution in [3.8, 4) is 0 Å². The first-order valence-corrected chi connectivity index (χ1v) is 3.43. The van der Waals surface area contributed by atoms with Gasteiger partial charge in [-0.15, -0.1) is 0 Å². The van der Waals surface area contributed by atoms with Crippen LogP contribution in [0.25, 0.3) is 0 Å². The van der Waals surface area contributed by atoms with Crippen molar-refractivity contribution in [2.45, 2.75) is 6.54 Å². The molecule has 5 nitrogen and oxygen atoms in total. The first-order chi connectivity index (χ1) is 5.83. The molecule has 0 aliphatic rings. The maximum absolute atomic E-state index is 10.9. The Labute approximate surface area is 69.6 Å². The van der Waals surface area contributed by atoms with E-state index in [1.807, 2.05) is 0 Å². The summed E-state index contributed by atoms with van der Waals surface area (Å²) in [4.78, 5) is 12.2. The third-order valence-corrected chi connectivity index (χ3v) is 1.10. The van der Waals surface area contributed by atoms with Crippen LogP contribution in [-0.4, -0.2) is 27.6 Å². The number of ether oxygens (including phenoxy) is 1. The third kappa shape index (κ3) is 2.53. The number of carbonyl (C=O) groups excluding carboxylic acids is 1. The van der Waals surface area contributed by atoms with Crippen LogP contribution in [0.3, 0.4) is 0 Å². The predicted molar refractivity (Wildman–Crippen MR) is 41.2 cm³/mol. The van der Waals surface area contributed by atoms with Gasteiger partial charge in [-0.05, 0) is 0 Å². The molecule has 0 atom stereocenters. The van der Waals surface area contributed by atoms with Gasteiger partial charge in [0, 0.05) is 0 Å². The summed E-state index contributed by atoms with van der Waals surface area (Å²) >= 11 is 0. The molecular formula is C7H9N3O2. The fourth-order valence-electron chi connectivity index (χ4n) is 0.638. The van der Waals surface area contributed by atoms with Gasteiger partial charge in [-0.25, -0.2) is 4.79 Å². The molecule has 0 aromatic carbocycles. The molecule has 0 spiro atoms. The van der Waals surface area contributed by atoms with Crippen LogP contribution in [-0.2, 0) is 16.1 Å². The van der Waals surface area contributed by atoms with E-state index in [0.29, 0.717) is 0 Å². The van der Waals surface area contributed by atoms with Crippen LogP contribution in [0.1, 0.15) is 0 Å². The van der Waals surface area contributed by atoms with Gasteiger partial charge < -0.3 is 4.74 Å². The minimum Gasteiger partial charge on any atom is -0.460 e. The summed E-state index contributed by atoms with van der Waals surface area (Å²) < 4.78 is 4.71. The third-order valence-electron chi connectivity index (χ3n) is 1.10. The smallest absolute Gasteiger partial charge is 0.329 e. The Morgan fingerprint density at radius 2 is 2.25 bits per heavy atom. The minimum atomic E-state index is -0.369. The van der Waals surface area contributed by atoms with Crippen molar-refractivity contribution >= 4 is 5.97 Å². The highest BCUT2D eigenvalue weighted by atomic mass is 16.5. The summed E-state index contributed by atoms with van der Waals surface area (Å²) in [6.45, 7) is 3.68. The average Bonchev–Trinajstić information content (AvgIpc) is 2.53. The fourth-order valence-corrected chi connectivity index (χ4v) is 0.638. The Kier molecular flexibility index (Phi) is 3.01. The number of aromatic nitrogens is 3. The first-order valence-electron chi connectivity index (χ1n) is 3.43. The lowest BCUT2D eigenvalue weighted by molar-refractivity contribution is -0.143. The Bertz CT molecular complexity index is 256. The van der Waals surface area contributed by atoms with Crippen molar-refractivity contribution in [2.75, 3.05) is 6.61 Å². The summed E-state index contributed by atoms with van der Waals surface area (Å²) in [6.07, 6.45) is 4.51. The zero-order chi connectivity index (χ0) is 8.81. The molecule has 0 N–H and O–H groups in total. The van der Waals surface area contributed by atoms with E-state index in [-0.39, 0.29) is 19.1 Å². The molecule has 1 rings (SSSR count). The molecule has 0 radical (unpaired) electrons. The molecule has 1 aromatic heterocycles. The zero-order valence-corrected chi connectivity index (χ0v) is 6.51. The normalized spacial score (nSPS) is 9.33. The molecule has 0 unspecified atom stereocenters. The number of carbonyl (C=O) groups is 1. The van der Waals surface area contributed by atoms with E-state index in [0.717, 1.165) is 0 Å². The van der Waals surface area contributed by atoms with E-state index in [1.165, 1.54) is 23.3 Å². The first kappa shape index (κ1) is 8.45. The average molecular weight is 167 g/mol. The standard InChI is InChI=1S/C7H9N3O2/c1-2-5-12-7(11)6-10-8-3-4-9-10/h2-4H,1,5-6H2. The van der Waals surface area contributed by atoms with Crippen LogP contribution >= 0.6 is 0 Å². The Morgan fingerprint density at radius 3 is 2.83 bits per heavy atom. The van der Waals surface area contributed by atoms with Crippen LogP contribution in [0.5, 0.6) is 0 Å². The summed E-state index contributed by atoms with van der Waals surface area (Å²) in [5, 5.41) is 7.49. The SMILES string of the molecule is C=CCOC(=O)Cn1nccn1.